The van der Waals surface area contributed by atoms with Crippen LogP contribution in [0.5, 0.6) is 5.75 Å². The fourth-order valence-electron chi connectivity index (χ4n) is 3.77. The quantitative estimate of drug-likeness (QED) is 0.677. The van der Waals surface area contributed by atoms with E-state index in [0.29, 0.717) is 29.1 Å². The van der Waals surface area contributed by atoms with E-state index >= 15 is 0 Å². The summed E-state index contributed by atoms with van der Waals surface area (Å²) in [5.41, 5.74) is 0.736. The van der Waals surface area contributed by atoms with Crippen molar-refractivity contribution in [2.24, 2.45) is 0 Å². The third kappa shape index (κ3) is 4.16. The lowest BCUT2D eigenvalue weighted by molar-refractivity contribution is 0.102. The second-order valence-electron chi connectivity index (χ2n) is 7.43. The average Bonchev–Trinajstić information content (AvgIpc) is 3.25. The first-order chi connectivity index (χ1) is 14.2. The predicted octanol–water partition coefficient (Wildman–Crippen LogP) is 4.38. The third-order valence-electron chi connectivity index (χ3n) is 5.24. The fraction of sp³-hybridized carbons (Fsp3) is 0.348. The van der Waals surface area contributed by atoms with E-state index in [-0.39, 0.29) is 17.2 Å². The van der Waals surface area contributed by atoms with Crippen LogP contribution in [-0.2, 0) is 6.54 Å². The Morgan fingerprint density at radius 1 is 1.10 bits per heavy atom. The summed E-state index contributed by atoms with van der Waals surface area (Å²) in [6, 6.07) is 14.5. The minimum atomic E-state index is -0.337. The molecule has 0 radical (unpaired) electrons. The normalized spacial score (nSPS) is 14.2. The molecule has 4 rings (SSSR count). The van der Waals surface area contributed by atoms with Gasteiger partial charge in [-0.15, -0.1) is 0 Å². The molecular formula is C23H25N3O3. The maximum Gasteiger partial charge on any atom is 0.276 e. The van der Waals surface area contributed by atoms with Gasteiger partial charge in [-0.2, -0.15) is 5.10 Å². The van der Waals surface area contributed by atoms with E-state index in [1.54, 1.807) is 24.3 Å². The molecule has 2 aromatic carbocycles. The zero-order chi connectivity index (χ0) is 20.2. The number of carbonyl (C=O) groups excluding carboxylic acids is 1. The van der Waals surface area contributed by atoms with E-state index in [0.717, 1.165) is 25.0 Å². The summed E-state index contributed by atoms with van der Waals surface area (Å²) in [6.07, 6.45) is 5.70. The lowest BCUT2D eigenvalue weighted by atomic mass is 10.1. The minimum absolute atomic E-state index is 0.174. The number of rotatable bonds is 6. The van der Waals surface area contributed by atoms with Crippen molar-refractivity contribution in [2.75, 3.05) is 5.32 Å². The van der Waals surface area contributed by atoms with Crippen molar-refractivity contribution in [1.82, 2.24) is 9.78 Å². The molecule has 6 nitrogen and oxygen atoms in total. The number of aromatic nitrogens is 2. The Morgan fingerprint density at radius 3 is 2.48 bits per heavy atom. The number of fused-ring (bicyclic) bond motifs is 1. The molecule has 1 fully saturated rings. The molecule has 1 saturated carbocycles. The molecule has 0 aliphatic heterocycles. The molecule has 1 aliphatic carbocycles. The summed E-state index contributed by atoms with van der Waals surface area (Å²) in [5.74, 6) is 0.477. The van der Waals surface area contributed by atoms with Crippen LogP contribution in [0.4, 0.5) is 5.69 Å². The molecular weight excluding hydrogens is 366 g/mol. The van der Waals surface area contributed by atoms with Gasteiger partial charge in [-0.3, -0.25) is 9.59 Å². The average molecular weight is 391 g/mol. The van der Waals surface area contributed by atoms with Gasteiger partial charge < -0.3 is 10.1 Å². The first-order valence-corrected chi connectivity index (χ1v) is 10.2. The summed E-state index contributed by atoms with van der Waals surface area (Å²) in [5, 5.41) is 8.29. The molecule has 1 N–H and O–H groups in total. The molecule has 29 heavy (non-hydrogen) atoms. The number of benzene rings is 2. The molecule has 1 amide bonds. The van der Waals surface area contributed by atoms with E-state index in [4.69, 9.17) is 4.74 Å². The molecule has 1 aromatic heterocycles. The van der Waals surface area contributed by atoms with Gasteiger partial charge in [0.15, 0.2) is 5.69 Å². The topological polar surface area (TPSA) is 73.2 Å². The van der Waals surface area contributed by atoms with Crippen LogP contribution in [0.1, 0.15) is 49.5 Å². The van der Waals surface area contributed by atoms with Crippen LogP contribution >= 0.6 is 0 Å². The van der Waals surface area contributed by atoms with Crippen molar-refractivity contribution in [1.29, 1.82) is 0 Å². The molecule has 0 saturated heterocycles. The largest absolute Gasteiger partial charge is 0.490 e. The highest BCUT2D eigenvalue weighted by molar-refractivity contribution is 6.11. The van der Waals surface area contributed by atoms with Gasteiger partial charge in [0.05, 0.1) is 11.5 Å². The zero-order valence-corrected chi connectivity index (χ0v) is 16.6. The summed E-state index contributed by atoms with van der Waals surface area (Å²) >= 11 is 0. The number of hydrogen-bond acceptors (Lipinski definition) is 4. The number of aryl methyl sites for hydroxylation is 1. The number of amides is 1. The number of nitrogens with zero attached hydrogens (tertiary/aromatic N) is 2. The number of nitrogens with one attached hydrogen (secondary N) is 1. The van der Waals surface area contributed by atoms with Gasteiger partial charge in [0.1, 0.15) is 5.75 Å². The first kappa shape index (κ1) is 19.2. The van der Waals surface area contributed by atoms with Crippen LogP contribution in [0.3, 0.4) is 0 Å². The lowest BCUT2D eigenvalue weighted by Gasteiger charge is -2.14. The zero-order valence-electron chi connectivity index (χ0n) is 16.6. The van der Waals surface area contributed by atoms with Gasteiger partial charge in [-0.25, -0.2) is 4.68 Å². The molecule has 3 aromatic rings. The second-order valence-corrected chi connectivity index (χ2v) is 7.43. The predicted molar refractivity (Wildman–Crippen MR) is 114 cm³/mol. The lowest BCUT2D eigenvalue weighted by Crippen LogP contribution is -2.27. The van der Waals surface area contributed by atoms with Crippen LogP contribution in [0.15, 0.2) is 53.3 Å². The van der Waals surface area contributed by atoms with Crippen molar-refractivity contribution < 1.29 is 9.53 Å². The molecule has 1 heterocycles. The van der Waals surface area contributed by atoms with Crippen molar-refractivity contribution in [3.8, 4) is 5.75 Å². The molecule has 0 bridgehead atoms. The van der Waals surface area contributed by atoms with Crippen LogP contribution in [0, 0.1) is 0 Å². The molecule has 0 unspecified atom stereocenters. The van der Waals surface area contributed by atoms with Crippen LogP contribution in [0.2, 0.25) is 0 Å². The van der Waals surface area contributed by atoms with E-state index in [9.17, 15) is 9.59 Å². The standard InChI is InChI=1S/C23H25N3O3/c1-2-15-26-23(28)20-10-6-5-9-19(20)21(25-26)22(27)24-16-11-13-18(14-12-16)29-17-7-3-4-8-17/h5-6,9-14,17H,2-4,7-8,15H2,1H3,(H,24,27). The smallest absolute Gasteiger partial charge is 0.276 e. The Bertz CT molecular complexity index is 1070. The Hall–Kier alpha value is -3.15. The first-order valence-electron chi connectivity index (χ1n) is 10.2. The van der Waals surface area contributed by atoms with Crippen LogP contribution in [-0.4, -0.2) is 21.8 Å². The third-order valence-corrected chi connectivity index (χ3v) is 5.24. The highest BCUT2D eigenvalue weighted by Crippen LogP contribution is 2.25. The Kier molecular flexibility index (Phi) is 5.60. The van der Waals surface area contributed by atoms with E-state index in [1.165, 1.54) is 17.5 Å². The number of carbonyl (C=O) groups is 1. The SMILES string of the molecule is CCCn1nc(C(=O)Nc2ccc(OC3CCCC3)cc2)c2ccccc2c1=O. The number of ether oxygens (including phenoxy) is 1. The minimum Gasteiger partial charge on any atom is -0.490 e. The van der Waals surface area contributed by atoms with Crippen molar-refractivity contribution in [2.45, 2.75) is 51.7 Å². The fourth-order valence-corrected chi connectivity index (χ4v) is 3.77. The number of hydrogen-bond donors (Lipinski definition) is 1. The summed E-state index contributed by atoms with van der Waals surface area (Å²) in [4.78, 5) is 25.5. The van der Waals surface area contributed by atoms with Gasteiger partial charge in [0.25, 0.3) is 11.5 Å². The maximum atomic E-state index is 12.9. The number of anilines is 1. The summed E-state index contributed by atoms with van der Waals surface area (Å²) < 4.78 is 7.34. The Morgan fingerprint density at radius 2 is 1.79 bits per heavy atom. The molecule has 1 aliphatic rings. The highest BCUT2D eigenvalue weighted by atomic mass is 16.5. The molecule has 0 spiro atoms. The van der Waals surface area contributed by atoms with Gasteiger partial charge in [0, 0.05) is 17.6 Å². The summed E-state index contributed by atoms with van der Waals surface area (Å²) in [7, 11) is 0. The van der Waals surface area contributed by atoms with Gasteiger partial charge in [-0.05, 0) is 62.4 Å². The highest BCUT2D eigenvalue weighted by Gasteiger charge is 2.18. The summed E-state index contributed by atoms with van der Waals surface area (Å²) in [6.45, 7) is 2.44. The monoisotopic (exact) mass is 391 g/mol. The molecule has 150 valence electrons. The van der Waals surface area contributed by atoms with Gasteiger partial charge in [0.2, 0.25) is 0 Å². The van der Waals surface area contributed by atoms with Crippen LogP contribution in [0.25, 0.3) is 10.8 Å². The molecule has 0 atom stereocenters. The van der Waals surface area contributed by atoms with Crippen molar-refractivity contribution in [3.05, 3.63) is 64.6 Å². The van der Waals surface area contributed by atoms with Crippen molar-refractivity contribution in [3.63, 3.8) is 0 Å². The maximum absolute atomic E-state index is 12.9. The second kappa shape index (κ2) is 8.47. The van der Waals surface area contributed by atoms with Crippen LogP contribution < -0.4 is 15.6 Å². The van der Waals surface area contributed by atoms with E-state index in [1.807, 2.05) is 31.2 Å². The molecule has 6 heteroatoms. The van der Waals surface area contributed by atoms with Crippen molar-refractivity contribution >= 4 is 22.4 Å². The van der Waals surface area contributed by atoms with E-state index < -0.39 is 0 Å². The Balaban J connectivity index is 1.57. The van der Waals surface area contributed by atoms with Gasteiger partial charge >= 0.3 is 0 Å². The van der Waals surface area contributed by atoms with E-state index in [2.05, 4.69) is 10.4 Å². The Labute approximate surface area is 169 Å². The van der Waals surface area contributed by atoms with Gasteiger partial charge in [-0.1, -0.05) is 25.1 Å².